The number of aliphatic hydroxyl groups is 2. The van der Waals surface area contributed by atoms with Crippen molar-refractivity contribution >= 4 is 17.7 Å². The van der Waals surface area contributed by atoms with Gasteiger partial charge < -0.3 is 19.7 Å². The minimum atomic E-state index is -2.03. The second kappa shape index (κ2) is 7.73. The summed E-state index contributed by atoms with van der Waals surface area (Å²) in [6.07, 6.45) is 3.16. The fraction of sp³-hybridized carbons (Fsp3) is 0.720. The van der Waals surface area contributed by atoms with Gasteiger partial charge in [-0.05, 0) is 63.5 Å². The van der Waals surface area contributed by atoms with E-state index < -0.39 is 58.6 Å². The number of ketones is 2. The van der Waals surface area contributed by atoms with Crippen molar-refractivity contribution in [2.45, 2.75) is 70.8 Å². The standard InChI is InChI=1S/C25H33FO7/c1-5-32-21(30)33-13-20(29)25(31)14(2)10-18-17-7-6-15-11-16(27)8-9-22(15,3)24(17,26)19(28)12-23(18,25)4/h8-9,11,14,17-19,28,31H,5-7,10,12-13H2,1-4H3/t14-,17+,18+,19+,22+,23-,24?,25-/m1/s1. The third-order valence-corrected chi connectivity index (χ3v) is 9.23. The third kappa shape index (κ3) is 3.02. The molecule has 0 saturated heterocycles. The fourth-order valence-corrected chi connectivity index (χ4v) is 7.53. The highest BCUT2D eigenvalue weighted by atomic mass is 19.1. The molecule has 1 unspecified atom stereocenters. The molecule has 8 atom stereocenters. The molecule has 7 nitrogen and oxygen atoms in total. The van der Waals surface area contributed by atoms with E-state index in [4.69, 9.17) is 9.47 Å². The zero-order valence-corrected chi connectivity index (χ0v) is 19.6. The summed E-state index contributed by atoms with van der Waals surface area (Å²) in [5.41, 5.74) is -5.48. The number of Topliss-reactive ketones (excluding diaryl/α,β-unsaturated/α-hetero) is 1. The Morgan fingerprint density at radius 3 is 2.61 bits per heavy atom. The largest absolute Gasteiger partial charge is 0.508 e. The molecule has 3 saturated carbocycles. The normalized spacial score (nSPS) is 46.0. The highest BCUT2D eigenvalue weighted by molar-refractivity contribution is 6.01. The van der Waals surface area contributed by atoms with Crippen molar-refractivity contribution in [2.75, 3.05) is 13.2 Å². The number of carbonyl (C=O) groups is 3. The SMILES string of the molecule is CCOC(=O)OCC(=O)[C@]1(O)[C@H](C)C[C@H]2[C@@H]3CCC4=CC(=O)C=C[C@]4(C)C3(F)[C@@H](O)C[C@]21C. The van der Waals surface area contributed by atoms with E-state index in [9.17, 15) is 24.6 Å². The minimum absolute atomic E-state index is 0.0924. The maximum absolute atomic E-state index is 17.1. The predicted octanol–water partition coefficient (Wildman–Crippen LogP) is 3.08. The zero-order valence-electron chi connectivity index (χ0n) is 19.6. The van der Waals surface area contributed by atoms with Crippen LogP contribution < -0.4 is 0 Å². The summed E-state index contributed by atoms with van der Waals surface area (Å²) in [5, 5.41) is 23.0. The van der Waals surface area contributed by atoms with Crippen molar-refractivity contribution in [2.24, 2.45) is 28.6 Å². The molecule has 2 N–H and O–H groups in total. The number of hydrogen-bond donors (Lipinski definition) is 2. The van der Waals surface area contributed by atoms with Gasteiger partial charge in [0.25, 0.3) is 0 Å². The minimum Gasteiger partial charge on any atom is -0.435 e. The Balaban J connectivity index is 1.69. The number of alkyl halides is 1. The van der Waals surface area contributed by atoms with Crippen molar-refractivity contribution in [1.29, 1.82) is 0 Å². The highest BCUT2D eigenvalue weighted by Crippen LogP contribution is 2.70. The molecule has 0 heterocycles. The van der Waals surface area contributed by atoms with Gasteiger partial charge in [-0.2, -0.15) is 0 Å². The van der Waals surface area contributed by atoms with E-state index in [-0.39, 0.29) is 24.7 Å². The highest BCUT2D eigenvalue weighted by Gasteiger charge is 2.75. The van der Waals surface area contributed by atoms with E-state index in [1.54, 1.807) is 33.8 Å². The number of aliphatic hydroxyl groups excluding tert-OH is 1. The Bertz CT molecular complexity index is 943. The second-order valence-corrected chi connectivity index (χ2v) is 10.6. The molecular formula is C25H33FO7. The molecule has 0 radical (unpaired) electrons. The quantitative estimate of drug-likeness (QED) is 0.615. The van der Waals surface area contributed by atoms with Crippen LogP contribution in [0.3, 0.4) is 0 Å². The predicted molar refractivity (Wildman–Crippen MR) is 116 cm³/mol. The first-order valence-corrected chi connectivity index (χ1v) is 11.7. The van der Waals surface area contributed by atoms with Crippen molar-refractivity contribution < 1.29 is 38.5 Å². The third-order valence-electron chi connectivity index (χ3n) is 9.23. The summed E-state index contributed by atoms with van der Waals surface area (Å²) >= 11 is 0. The van der Waals surface area contributed by atoms with Gasteiger partial charge in [-0.3, -0.25) is 9.59 Å². The number of ether oxygens (including phenoxy) is 2. The molecule has 0 aromatic rings. The number of allylic oxidation sites excluding steroid dienone is 4. The number of halogens is 1. The van der Waals surface area contributed by atoms with E-state index >= 15 is 4.39 Å². The van der Waals surface area contributed by atoms with E-state index in [0.29, 0.717) is 24.8 Å². The van der Waals surface area contributed by atoms with Crippen molar-refractivity contribution in [1.82, 2.24) is 0 Å². The Morgan fingerprint density at radius 1 is 1.24 bits per heavy atom. The summed E-state index contributed by atoms with van der Waals surface area (Å²) in [7, 11) is 0. The molecule has 0 aromatic carbocycles. The van der Waals surface area contributed by atoms with Gasteiger partial charge in [-0.1, -0.05) is 25.5 Å². The monoisotopic (exact) mass is 464 g/mol. The van der Waals surface area contributed by atoms with Gasteiger partial charge in [0.05, 0.1) is 12.7 Å². The van der Waals surface area contributed by atoms with Crippen LogP contribution in [-0.2, 0) is 19.1 Å². The lowest BCUT2D eigenvalue weighted by Gasteiger charge is -2.62. The molecule has 4 aliphatic carbocycles. The Labute approximate surface area is 193 Å². The topological polar surface area (TPSA) is 110 Å². The van der Waals surface area contributed by atoms with E-state index in [2.05, 4.69) is 0 Å². The van der Waals surface area contributed by atoms with Crippen molar-refractivity contribution in [3.8, 4) is 0 Å². The molecule has 0 spiro atoms. The van der Waals surface area contributed by atoms with Gasteiger partial charge in [0.2, 0.25) is 5.78 Å². The molecule has 0 aliphatic heterocycles. The van der Waals surface area contributed by atoms with Crippen LogP contribution in [0.1, 0.15) is 53.4 Å². The Hall–Kier alpha value is -2.06. The lowest BCUT2D eigenvalue weighted by Crippen LogP contribution is -2.69. The van der Waals surface area contributed by atoms with Crippen LogP contribution in [0.2, 0.25) is 0 Å². The summed E-state index contributed by atoms with van der Waals surface area (Å²) in [4.78, 5) is 36.7. The van der Waals surface area contributed by atoms with E-state index in [1.165, 1.54) is 12.2 Å². The van der Waals surface area contributed by atoms with Gasteiger partial charge in [0.15, 0.2) is 18.1 Å². The van der Waals surface area contributed by atoms with Crippen LogP contribution in [0.25, 0.3) is 0 Å². The van der Waals surface area contributed by atoms with E-state index in [0.717, 1.165) is 0 Å². The number of fused-ring (bicyclic) bond motifs is 5. The maximum atomic E-state index is 17.1. The number of carbonyl (C=O) groups excluding carboxylic acids is 3. The van der Waals surface area contributed by atoms with Crippen LogP contribution in [0.5, 0.6) is 0 Å². The first kappa shape index (κ1) is 24.1. The van der Waals surface area contributed by atoms with Gasteiger partial charge in [0.1, 0.15) is 5.60 Å². The van der Waals surface area contributed by atoms with E-state index in [1.807, 2.05) is 0 Å². The average molecular weight is 465 g/mol. The van der Waals surface area contributed by atoms with Gasteiger partial charge >= 0.3 is 6.16 Å². The maximum Gasteiger partial charge on any atom is 0.508 e. The zero-order chi connectivity index (χ0) is 24.4. The summed E-state index contributed by atoms with van der Waals surface area (Å²) in [5.74, 6) is -2.36. The molecule has 33 heavy (non-hydrogen) atoms. The average Bonchev–Trinajstić information content (AvgIpc) is 2.95. The molecule has 0 aromatic heterocycles. The molecule has 182 valence electrons. The molecule has 4 aliphatic rings. The van der Waals surface area contributed by atoms with Crippen LogP contribution in [0.4, 0.5) is 9.18 Å². The lowest BCUT2D eigenvalue weighted by molar-refractivity contribution is -0.219. The molecular weight excluding hydrogens is 431 g/mol. The van der Waals surface area contributed by atoms with Gasteiger partial charge in [0, 0.05) is 16.7 Å². The molecule has 0 amide bonds. The van der Waals surface area contributed by atoms with Crippen molar-refractivity contribution in [3.05, 3.63) is 23.8 Å². The first-order chi connectivity index (χ1) is 15.4. The Morgan fingerprint density at radius 2 is 1.94 bits per heavy atom. The summed E-state index contributed by atoms with van der Waals surface area (Å²) < 4.78 is 26.7. The molecule has 3 fully saturated rings. The van der Waals surface area contributed by atoms with Gasteiger partial charge in [-0.25, -0.2) is 9.18 Å². The Kier molecular flexibility index (Phi) is 5.64. The van der Waals surface area contributed by atoms with Gasteiger partial charge in [-0.15, -0.1) is 0 Å². The second-order valence-electron chi connectivity index (χ2n) is 10.6. The van der Waals surface area contributed by atoms with Crippen LogP contribution >= 0.6 is 0 Å². The fourth-order valence-electron chi connectivity index (χ4n) is 7.53. The molecule has 4 rings (SSSR count). The molecule has 8 heteroatoms. The number of hydrogen-bond acceptors (Lipinski definition) is 7. The summed E-state index contributed by atoms with van der Waals surface area (Å²) in [6.45, 7) is 6.25. The first-order valence-electron chi connectivity index (χ1n) is 11.7. The number of rotatable bonds is 4. The van der Waals surface area contributed by atoms with Crippen LogP contribution in [0, 0.1) is 28.6 Å². The van der Waals surface area contributed by atoms with Crippen LogP contribution in [-0.4, -0.2) is 58.5 Å². The molecule has 0 bridgehead atoms. The van der Waals surface area contributed by atoms with Crippen molar-refractivity contribution in [3.63, 3.8) is 0 Å². The summed E-state index contributed by atoms with van der Waals surface area (Å²) in [6, 6.07) is 0. The lowest BCUT2D eigenvalue weighted by atomic mass is 9.44. The van der Waals surface area contributed by atoms with Crippen LogP contribution in [0.15, 0.2) is 23.8 Å². The smallest absolute Gasteiger partial charge is 0.435 e.